The molecular weight excluding hydrogens is 278 g/mol. The van der Waals surface area contributed by atoms with Crippen molar-refractivity contribution < 1.29 is 0 Å². The normalized spacial score (nSPS) is 10.2. The number of rotatable bonds is 4. The first-order valence-corrected chi connectivity index (χ1v) is 8.00. The maximum atomic E-state index is 9.35. The van der Waals surface area contributed by atoms with Crippen molar-refractivity contribution in [1.29, 1.82) is 5.26 Å². The molecule has 3 nitrogen and oxygen atoms in total. The second-order valence-corrected chi connectivity index (χ2v) is 5.97. The smallest absolute Gasteiger partial charge is 0.147 e. The van der Waals surface area contributed by atoms with E-state index in [2.05, 4.69) is 41.6 Å². The van der Waals surface area contributed by atoms with Crippen molar-refractivity contribution in [2.75, 3.05) is 18.2 Å². The molecule has 108 valence electrons. The number of aryl methyl sites for hydroxylation is 2. The van der Waals surface area contributed by atoms with E-state index in [4.69, 9.17) is 0 Å². The summed E-state index contributed by atoms with van der Waals surface area (Å²) in [5.41, 5.74) is 3.78. The van der Waals surface area contributed by atoms with Gasteiger partial charge in [0.25, 0.3) is 0 Å². The molecule has 0 atom stereocenters. The van der Waals surface area contributed by atoms with Crippen LogP contribution in [0.3, 0.4) is 0 Å². The predicted molar refractivity (Wildman–Crippen MR) is 88.8 cm³/mol. The summed E-state index contributed by atoms with van der Waals surface area (Å²) in [4.78, 5) is 7.82. The molecule has 4 heteroatoms. The van der Waals surface area contributed by atoms with Crippen molar-refractivity contribution in [2.24, 2.45) is 0 Å². The molecular formula is C17H19N3S. The molecule has 0 aliphatic rings. The summed E-state index contributed by atoms with van der Waals surface area (Å²) in [6, 6.07) is 12.7. The Labute approximate surface area is 130 Å². The Balaban J connectivity index is 2.27. The Bertz CT molecular complexity index is 672. The van der Waals surface area contributed by atoms with Crippen LogP contribution in [0, 0.1) is 25.2 Å². The molecule has 0 fully saturated rings. The molecule has 1 aromatic heterocycles. The lowest BCUT2D eigenvalue weighted by atomic mass is 10.1. The van der Waals surface area contributed by atoms with Gasteiger partial charge < -0.3 is 4.90 Å². The molecule has 0 aliphatic heterocycles. The van der Waals surface area contributed by atoms with Crippen molar-refractivity contribution in [3.05, 3.63) is 52.7 Å². The van der Waals surface area contributed by atoms with Crippen LogP contribution in [0.25, 0.3) is 0 Å². The monoisotopic (exact) mass is 297 g/mol. The third-order valence-electron chi connectivity index (χ3n) is 3.38. The maximum absolute atomic E-state index is 9.35. The molecule has 2 aromatic rings. The Kier molecular flexibility index (Phi) is 4.87. The minimum Gasteiger partial charge on any atom is -0.354 e. The van der Waals surface area contributed by atoms with Crippen LogP contribution >= 0.6 is 11.8 Å². The zero-order valence-electron chi connectivity index (χ0n) is 12.8. The summed E-state index contributed by atoms with van der Waals surface area (Å²) in [6.45, 7) is 4.65. The van der Waals surface area contributed by atoms with Gasteiger partial charge in [0.15, 0.2) is 0 Å². The highest BCUT2D eigenvalue weighted by Crippen LogP contribution is 2.23. The fourth-order valence-corrected chi connectivity index (χ4v) is 2.72. The van der Waals surface area contributed by atoms with Gasteiger partial charge in [-0.05, 0) is 49.4 Å². The SMILES string of the molecule is CSc1ccc(CN(C)c2nc(C)cc(C)c2C#N)cc1. The average Bonchev–Trinajstić information content (AvgIpc) is 2.47. The van der Waals surface area contributed by atoms with Crippen molar-refractivity contribution in [1.82, 2.24) is 4.98 Å². The van der Waals surface area contributed by atoms with Gasteiger partial charge >= 0.3 is 0 Å². The largest absolute Gasteiger partial charge is 0.354 e. The molecule has 0 aliphatic carbocycles. The van der Waals surface area contributed by atoms with E-state index >= 15 is 0 Å². The molecule has 1 aromatic carbocycles. The number of hydrogen-bond acceptors (Lipinski definition) is 4. The molecule has 0 bridgehead atoms. The number of pyridine rings is 1. The van der Waals surface area contributed by atoms with Crippen LogP contribution < -0.4 is 4.90 Å². The second kappa shape index (κ2) is 6.64. The summed E-state index contributed by atoms with van der Waals surface area (Å²) in [6.07, 6.45) is 2.07. The van der Waals surface area contributed by atoms with Crippen molar-refractivity contribution >= 4 is 17.6 Å². The molecule has 0 saturated heterocycles. The Morgan fingerprint density at radius 1 is 1.24 bits per heavy atom. The minimum absolute atomic E-state index is 0.656. The molecule has 21 heavy (non-hydrogen) atoms. The highest BCUT2D eigenvalue weighted by Gasteiger charge is 2.13. The molecule has 2 rings (SSSR count). The number of nitrogens with zero attached hydrogens (tertiary/aromatic N) is 3. The van der Waals surface area contributed by atoms with Crippen molar-refractivity contribution in [3.63, 3.8) is 0 Å². The van der Waals surface area contributed by atoms with E-state index in [1.54, 1.807) is 11.8 Å². The average molecular weight is 297 g/mol. The lowest BCUT2D eigenvalue weighted by molar-refractivity contribution is 0.885. The lowest BCUT2D eigenvalue weighted by Crippen LogP contribution is -2.19. The Morgan fingerprint density at radius 2 is 1.90 bits per heavy atom. The zero-order valence-corrected chi connectivity index (χ0v) is 13.7. The van der Waals surface area contributed by atoms with E-state index in [-0.39, 0.29) is 0 Å². The van der Waals surface area contributed by atoms with Gasteiger partial charge in [-0.3, -0.25) is 0 Å². The number of hydrogen-bond donors (Lipinski definition) is 0. The van der Waals surface area contributed by atoms with Crippen LogP contribution in [0.15, 0.2) is 35.2 Å². The first-order valence-electron chi connectivity index (χ1n) is 6.77. The molecule has 0 radical (unpaired) electrons. The van der Waals surface area contributed by atoms with Crippen LogP contribution in [0.2, 0.25) is 0 Å². The van der Waals surface area contributed by atoms with Crippen LogP contribution in [0.5, 0.6) is 0 Å². The number of thioether (sulfide) groups is 1. The predicted octanol–water partition coefficient (Wildman–Crippen LogP) is 3.93. The first-order chi connectivity index (χ1) is 10.0. The molecule has 0 saturated carbocycles. The molecule has 0 amide bonds. The lowest BCUT2D eigenvalue weighted by Gasteiger charge is -2.21. The van der Waals surface area contributed by atoms with Crippen molar-refractivity contribution in [3.8, 4) is 6.07 Å². The van der Waals surface area contributed by atoms with Gasteiger partial charge in [0.1, 0.15) is 11.9 Å². The van der Waals surface area contributed by atoms with E-state index in [1.165, 1.54) is 10.5 Å². The third-order valence-corrected chi connectivity index (χ3v) is 4.12. The summed E-state index contributed by atoms with van der Waals surface area (Å²) < 4.78 is 0. The fraction of sp³-hybridized carbons (Fsp3) is 0.294. The molecule has 0 unspecified atom stereocenters. The first kappa shape index (κ1) is 15.4. The highest BCUT2D eigenvalue weighted by atomic mass is 32.2. The van der Waals surface area contributed by atoms with Crippen molar-refractivity contribution in [2.45, 2.75) is 25.3 Å². The number of aromatic nitrogens is 1. The quantitative estimate of drug-likeness (QED) is 0.802. The van der Waals surface area contributed by atoms with Gasteiger partial charge in [0.05, 0.1) is 5.56 Å². The molecule has 1 heterocycles. The van der Waals surface area contributed by atoms with Crippen LogP contribution in [-0.2, 0) is 6.54 Å². The van der Waals surface area contributed by atoms with Crippen LogP contribution in [0.4, 0.5) is 5.82 Å². The number of benzene rings is 1. The Morgan fingerprint density at radius 3 is 2.48 bits per heavy atom. The van der Waals surface area contributed by atoms with E-state index < -0.39 is 0 Å². The Hall–Kier alpha value is -1.99. The summed E-state index contributed by atoms with van der Waals surface area (Å²) in [5, 5.41) is 9.35. The molecule has 0 N–H and O–H groups in total. The van der Waals surface area contributed by atoms with E-state index in [0.717, 1.165) is 23.6 Å². The van der Waals surface area contributed by atoms with Gasteiger partial charge in [-0.15, -0.1) is 11.8 Å². The van der Waals surface area contributed by atoms with Gasteiger partial charge in [-0.2, -0.15) is 5.26 Å². The summed E-state index contributed by atoms with van der Waals surface area (Å²) >= 11 is 1.73. The fourth-order valence-electron chi connectivity index (χ4n) is 2.31. The van der Waals surface area contributed by atoms with E-state index in [9.17, 15) is 5.26 Å². The number of anilines is 1. The van der Waals surface area contributed by atoms with Crippen LogP contribution in [0.1, 0.15) is 22.4 Å². The van der Waals surface area contributed by atoms with Gasteiger partial charge in [0.2, 0.25) is 0 Å². The van der Waals surface area contributed by atoms with Gasteiger partial charge in [-0.1, -0.05) is 12.1 Å². The van der Waals surface area contributed by atoms with Gasteiger partial charge in [0, 0.05) is 24.2 Å². The standard InChI is InChI=1S/C17H19N3S/c1-12-9-13(2)19-17(16(12)10-18)20(3)11-14-5-7-15(21-4)8-6-14/h5-9H,11H2,1-4H3. The third kappa shape index (κ3) is 3.56. The molecule has 0 spiro atoms. The minimum atomic E-state index is 0.656. The topological polar surface area (TPSA) is 39.9 Å². The summed E-state index contributed by atoms with van der Waals surface area (Å²) in [7, 11) is 1.98. The maximum Gasteiger partial charge on any atom is 0.147 e. The highest BCUT2D eigenvalue weighted by molar-refractivity contribution is 7.98. The van der Waals surface area contributed by atoms with Crippen LogP contribution in [-0.4, -0.2) is 18.3 Å². The zero-order chi connectivity index (χ0) is 15.4. The van der Waals surface area contributed by atoms with E-state index in [1.807, 2.05) is 31.9 Å². The summed E-state index contributed by atoms with van der Waals surface area (Å²) in [5.74, 6) is 0.754. The van der Waals surface area contributed by atoms with Gasteiger partial charge in [-0.25, -0.2) is 4.98 Å². The number of nitriles is 1. The van der Waals surface area contributed by atoms with E-state index in [0.29, 0.717) is 5.56 Å². The second-order valence-electron chi connectivity index (χ2n) is 5.10.